The standard InChI is InChI=1S/C31H32Cl2FN3O5S/c1-2-23(18-36(43(40,41)24-14-15-24)26-9-4-3-8-25(26)34)37-29(19-10-12-21(32)13-11-19)30(20-6-5-7-22(33)16-20)42-27(31(37)39)17-28(35)38/h3-13,16,23-24,27,29-30H,2,14-15,17-18H2,1H3,(H2,35,38)/t23-,27-,29+,30+/m0/s1. The van der Waals surface area contributed by atoms with E-state index >= 15 is 4.39 Å². The predicted molar refractivity (Wildman–Crippen MR) is 164 cm³/mol. The van der Waals surface area contributed by atoms with Gasteiger partial charge in [-0.25, -0.2) is 12.8 Å². The topological polar surface area (TPSA) is 110 Å². The quantitative estimate of drug-likeness (QED) is 0.283. The molecular formula is C31H32Cl2FN3O5S. The minimum absolute atomic E-state index is 0.0864. The first kappa shape index (κ1) is 31.3. The highest BCUT2D eigenvalue weighted by molar-refractivity contribution is 7.93. The van der Waals surface area contributed by atoms with Crippen LogP contribution >= 0.6 is 23.2 Å². The van der Waals surface area contributed by atoms with Gasteiger partial charge in [-0.2, -0.15) is 0 Å². The summed E-state index contributed by atoms with van der Waals surface area (Å²) in [6.07, 6.45) is -1.16. The largest absolute Gasteiger partial charge is 0.370 e. The first-order valence-corrected chi connectivity index (χ1v) is 16.3. The van der Waals surface area contributed by atoms with E-state index in [9.17, 15) is 18.0 Å². The number of halogens is 3. The molecule has 0 radical (unpaired) electrons. The Labute approximate surface area is 260 Å². The van der Waals surface area contributed by atoms with Crippen LogP contribution in [0.4, 0.5) is 10.1 Å². The zero-order valence-electron chi connectivity index (χ0n) is 23.4. The van der Waals surface area contributed by atoms with E-state index in [4.69, 9.17) is 33.7 Å². The second-order valence-corrected chi connectivity index (χ2v) is 13.8. The molecule has 2 aliphatic rings. The summed E-state index contributed by atoms with van der Waals surface area (Å²) >= 11 is 12.6. The second-order valence-electron chi connectivity index (χ2n) is 10.8. The van der Waals surface area contributed by atoms with Gasteiger partial charge in [0.15, 0.2) is 0 Å². The van der Waals surface area contributed by atoms with E-state index in [1.165, 1.54) is 18.2 Å². The van der Waals surface area contributed by atoms with E-state index in [0.29, 0.717) is 40.4 Å². The van der Waals surface area contributed by atoms with E-state index in [-0.39, 0.29) is 18.7 Å². The lowest BCUT2D eigenvalue weighted by atomic mass is 9.89. The molecule has 0 bridgehead atoms. The third kappa shape index (κ3) is 6.67. The first-order valence-electron chi connectivity index (χ1n) is 14.0. The molecule has 43 heavy (non-hydrogen) atoms. The lowest BCUT2D eigenvalue weighted by molar-refractivity contribution is -0.180. The molecule has 0 unspecified atom stereocenters. The number of amides is 2. The third-order valence-corrected chi connectivity index (χ3v) is 10.6. The Balaban J connectivity index is 1.66. The molecule has 1 aliphatic carbocycles. The van der Waals surface area contributed by atoms with Gasteiger partial charge in [-0.05, 0) is 66.8 Å². The number of benzene rings is 3. The van der Waals surface area contributed by atoms with Gasteiger partial charge in [0, 0.05) is 10.0 Å². The van der Waals surface area contributed by atoms with Crippen LogP contribution in [-0.2, 0) is 24.3 Å². The minimum Gasteiger partial charge on any atom is -0.370 e. The normalized spacial score (nSPS) is 21.4. The predicted octanol–water partition coefficient (Wildman–Crippen LogP) is 5.80. The summed E-state index contributed by atoms with van der Waals surface area (Å²) in [6, 6.07) is 18.1. The maximum atomic E-state index is 15.2. The molecule has 2 N–H and O–H groups in total. The van der Waals surface area contributed by atoms with Crippen molar-refractivity contribution in [2.45, 2.75) is 62.1 Å². The molecule has 228 valence electrons. The van der Waals surface area contributed by atoms with Gasteiger partial charge in [0.2, 0.25) is 15.9 Å². The molecule has 3 aromatic carbocycles. The zero-order chi connectivity index (χ0) is 30.9. The van der Waals surface area contributed by atoms with Crippen LogP contribution in [0.15, 0.2) is 72.8 Å². The van der Waals surface area contributed by atoms with Gasteiger partial charge < -0.3 is 15.4 Å². The molecule has 5 rings (SSSR count). The monoisotopic (exact) mass is 647 g/mol. The number of hydrogen-bond donors (Lipinski definition) is 1. The van der Waals surface area contributed by atoms with Crippen LogP contribution in [0.1, 0.15) is 55.9 Å². The number of sulfonamides is 1. The first-order chi connectivity index (χ1) is 20.5. The number of anilines is 1. The fourth-order valence-corrected chi connectivity index (χ4v) is 7.79. The molecule has 1 aliphatic heterocycles. The summed E-state index contributed by atoms with van der Waals surface area (Å²) in [6.45, 7) is 1.62. The highest BCUT2D eigenvalue weighted by Crippen LogP contribution is 2.45. The molecule has 1 saturated carbocycles. The number of carbonyl (C=O) groups excluding carboxylic acids is 2. The van der Waals surface area contributed by atoms with Gasteiger partial charge in [0.1, 0.15) is 18.0 Å². The number of primary amides is 1. The Kier molecular flexibility index (Phi) is 9.31. The number of rotatable bonds is 11. The van der Waals surface area contributed by atoms with Crippen LogP contribution in [0.2, 0.25) is 10.0 Å². The number of para-hydroxylation sites is 1. The van der Waals surface area contributed by atoms with Crippen LogP contribution in [-0.4, -0.2) is 49.1 Å². The van der Waals surface area contributed by atoms with Crippen molar-refractivity contribution in [3.8, 4) is 0 Å². The van der Waals surface area contributed by atoms with Crippen LogP contribution in [0.5, 0.6) is 0 Å². The van der Waals surface area contributed by atoms with E-state index in [0.717, 1.165) is 4.31 Å². The molecule has 12 heteroatoms. The number of hydrogen-bond acceptors (Lipinski definition) is 5. The van der Waals surface area contributed by atoms with Gasteiger partial charge in [-0.3, -0.25) is 13.9 Å². The molecule has 4 atom stereocenters. The molecule has 8 nitrogen and oxygen atoms in total. The van der Waals surface area contributed by atoms with Gasteiger partial charge in [0.25, 0.3) is 5.91 Å². The average Bonchev–Trinajstić information content (AvgIpc) is 3.82. The van der Waals surface area contributed by atoms with Crippen molar-refractivity contribution >= 4 is 50.7 Å². The van der Waals surface area contributed by atoms with E-state index in [1.807, 2.05) is 6.92 Å². The molecule has 1 saturated heterocycles. The highest BCUT2D eigenvalue weighted by atomic mass is 35.5. The number of morpholine rings is 1. The SMILES string of the molecule is CC[C@@H](CN(c1ccccc1F)S(=O)(=O)C1CC1)N1C(=O)[C@H](CC(N)=O)O[C@H](c2cccc(Cl)c2)[C@H]1c1ccc(Cl)cc1. The van der Waals surface area contributed by atoms with Gasteiger partial charge in [-0.15, -0.1) is 0 Å². The molecule has 2 fully saturated rings. The van der Waals surface area contributed by atoms with Crippen molar-refractivity contribution in [1.29, 1.82) is 0 Å². The Hall–Kier alpha value is -3.18. The molecule has 1 heterocycles. The number of nitrogens with zero attached hydrogens (tertiary/aromatic N) is 2. The maximum Gasteiger partial charge on any atom is 0.253 e. The van der Waals surface area contributed by atoms with Crippen LogP contribution < -0.4 is 10.0 Å². The van der Waals surface area contributed by atoms with Gasteiger partial charge in [0.05, 0.1) is 36.0 Å². The van der Waals surface area contributed by atoms with Gasteiger partial charge >= 0.3 is 0 Å². The summed E-state index contributed by atoms with van der Waals surface area (Å²) in [4.78, 5) is 27.9. The molecule has 0 spiro atoms. The van der Waals surface area contributed by atoms with E-state index in [2.05, 4.69) is 0 Å². The second kappa shape index (κ2) is 12.8. The van der Waals surface area contributed by atoms with Crippen molar-refractivity contribution in [1.82, 2.24) is 4.90 Å². The Bertz CT molecular complexity index is 1600. The fourth-order valence-electron chi connectivity index (χ4n) is 5.57. The van der Waals surface area contributed by atoms with Crippen LogP contribution in [0, 0.1) is 5.82 Å². The fraction of sp³-hybridized carbons (Fsp3) is 0.355. The van der Waals surface area contributed by atoms with Crippen LogP contribution in [0.25, 0.3) is 0 Å². The lowest BCUT2D eigenvalue weighted by Crippen LogP contribution is -2.58. The minimum atomic E-state index is -3.94. The molecule has 0 aromatic heterocycles. The number of nitrogens with two attached hydrogens (primary N) is 1. The molecule has 2 amide bonds. The maximum absolute atomic E-state index is 15.2. The van der Waals surface area contributed by atoms with Crippen molar-refractivity contribution < 1.29 is 27.1 Å². The van der Waals surface area contributed by atoms with E-state index in [1.54, 1.807) is 59.5 Å². The summed E-state index contributed by atoms with van der Waals surface area (Å²) in [5, 5.41) is 0.301. The van der Waals surface area contributed by atoms with Crippen molar-refractivity contribution in [2.75, 3.05) is 10.8 Å². The summed E-state index contributed by atoms with van der Waals surface area (Å²) in [5.74, 6) is -1.95. The highest BCUT2D eigenvalue weighted by Gasteiger charge is 2.49. The number of ether oxygens (including phenoxy) is 1. The molecular weight excluding hydrogens is 616 g/mol. The molecule has 3 aromatic rings. The van der Waals surface area contributed by atoms with Crippen molar-refractivity contribution in [3.05, 3.63) is 99.8 Å². The average molecular weight is 649 g/mol. The van der Waals surface area contributed by atoms with E-state index < -0.39 is 57.2 Å². The van der Waals surface area contributed by atoms with Crippen molar-refractivity contribution in [2.24, 2.45) is 5.73 Å². The smallest absolute Gasteiger partial charge is 0.253 e. The Morgan fingerprint density at radius 3 is 2.35 bits per heavy atom. The zero-order valence-corrected chi connectivity index (χ0v) is 25.7. The Morgan fingerprint density at radius 2 is 1.74 bits per heavy atom. The summed E-state index contributed by atoms with van der Waals surface area (Å²) < 4.78 is 50.0. The third-order valence-electron chi connectivity index (χ3n) is 7.82. The summed E-state index contributed by atoms with van der Waals surface area (Å²) in [7, 11) is -3.94. The van der Waals surface area contributed by atoms with Crippen molar-refractivity contribution in [3.63, 3.8) is 0 Å². The Morgan fingerprint density at radius 1 is 1.05 bits per heavy atom. The lowest BCUT2D eigenvalue weighted by Gasteiger charge is -2.48. The number of carbonyl (C=O) groups is 2. The van der Waals surface area contributed by atoms with Crippen LogP contribution in [0.3, 0.4) is 0 Å². The van der Waals surface area contributed by atoms with Gasteiger partial charge in [-0.1, -0.05) is 66.5 Å². The summed E-state index contributed by atoms with van der Waals surface area (Å²) in [5.41, 5.74) is 6.75.